The second-order valence-corrected chi connectivity index (χ2v) is 3.61. The third-order valence-corrected chi connectivity index (χ3v) is 2.50. The minimum absolute atomic E-state index is 0.0227. The van der Waals surface area contributed by atoms with E-state index in [-0.39, 0.29) is 17.1 Å². The number of methoxy groups -OCH3 is 1. The summed E-state index contributed by atoms with van der Waals surface area (Å²) in [5.74, 6) is -0.534. The third kappa shape index (κ3) is 2.49. The van der Waals surface area contributed by atoms with E-state index in [0.717, 1.165) is 0 Å². The molecule has 0 aromatic heterocycles. The molecule has 86 valence electrons. The van der Waals surface area contributed by atoms with Gasteiger partial charge in [-0.15, -0.1) is 0 Å². The second kappa shape index (κ2) is 4.94. The van der Waals surface area contributed by atoms with E-state index < -0.39 is 10.9 Å². The van der Waals surface area contributed by atoms with Gasteiger partial charge in [0.2, 0.25) is 0 Å². The predicted octanol–water partition coefficient (Wildman–Crippen LogP) is 2.27. The van der Waals surface area contributed by atoms with Crippen molar-refractivity contribution in [1.29, 1.82) is 0 Å². The molecule has 0 aliphatic heterocycles. The Labute approximate surface area is 97.1 Å². The summed E-state index contributed by atoms with van der Waals surface area (Å²) in [5, 5.41) is 10.9. The molecule has 0 saturated heterocycles. The van der Waals surface area contributed by atoms with Gasteiger partial charge in [-0.1, -0.05) is 17.7 Å². The number of halogens is 1. The van der Waals surface area contributed by atoms with Gasteiger partial charge in [-0.25, -0.2) is 0 Å². The summed E-state index contributed by atoms with van der Waals surface area (Å²) in [7, 11) is 1.23. The Morgan fingerprint density at radius 3 is 2.69 bits per heavy atom. The molecule has 0 N–H and O–H groups in total. The average molecular weight is 244 g/mol. The summed E-state index contributed by atoms with van der Waals surface area (Å²) in [6, 6.07) is 3.07. The van der Waals surface area contributed by atoms with Crippen molar-refractivity contribution < 1.29 is 14.5 Å². The lowest BCUT2D eigenvalue weighted by Gasteiger charge is -2.06. The highest BCUT2D eigenvalue weighted by Crippen LogP contribution is 2.31. The number of carbonyl (C=O) groups excluding carboxylic acids is 1. The summed E-state index contributed by atoms with van der Waals surface area (Å²) >= 11 is 5.73. The molecule has 1 rings (SSSR count). The number of aryl methyl sites for hydroxylation is 1. The fourth-order valence-corrected chi connectivity index (χ4v) is 1.59. The molecule has 0 aliphatic rings. The van der Waals surface area contributed by atoms with Crippen molar-refractivity contribution in [1.82, 2.24) is 0 Å². The average Bonchev–Trinajstić information content (AvgIpc) is 2.22. The monoisotopic (exact) mass is 243 g/mol. The Hall–Kier alpha value is -1.62. The van der Waals surface area contributed by atoms with Gasteiger partial charge in [-0.05, 0) is 18.6 Å². The topological polar surface area (TPSA) is 69.4 Å². The first kappa shape index (κ1) is 12.4. The van der Waals surface area contributed by atoms with Crippen molar-refractivity contribution in [2.24, 2.45) is 0 Å². The summed E-state index contributed by atoms with van der Waals surface area (Å²) in [6.07, 6.45) is -0.154. The van der Waals surface area contributed by atoms with Gasteiger partial charge in [0.25, 0.3) is 5.69 Å². The zero-order chi connectivity index (χ0) is 12.3. The number of rotatable bonds is 3. The molecule has 1 aromatic rings. The molecule has 0 heterocycles. The lowest BCUT2D eigenvalue weighted by Crippen LogP contribution is -2.08. The fourth-order valence-electron chi connectivity index (χ4n) is 1.35. The second-order valence-electron chi connectivity index (χ2n) is 3.20. The van der Waals surface area contributed by atoms with Crippen LogP contribution in [0.1, 0.15) is 11.1 Å². The molecule has 6 heteroatoms. The zero-order valence-electron chi connectivity index (χ0n) is 8.82. The molecule has 0 spiro atoms. The van der Waals surface area contributed by atoms with E-state index in [9.17, 15) is 14.9 Å². The van der Waals surface area contributed by atoms with Crippen molar-refractivity contribution in [3.8, 4) is 0 Å². The minimum Gasteiger partial charge on any atom is -0.469 e. The van der Waals surface area contributed by atoms with Crippen LogP contribution in [0.2, 0.25) is 5.02 Å². The van der Waals surface area contributed by atoms with Crippen molar-refractivity contribution in [2.75, 3.05) is 7.11 Å². The van der Waals surface area contributed by atoms with Crippen LogP contribution in [0.5, 0.6) is 0 Å². The lowest BCUT2D eigenvalue weighted by atomic mass is 10.0. The maximum Gasteiger partial charge on any atom is 0.310 e. The van der Waals surface area contributed by atoms with Gasteiger partial charge in [-0.3, -0.25) is 14.9 Å². The molecule has 5 nitrogen and oxygen atoms in total. The van der Waals surface area contributed by atoms with Crippen LogP contribution in [-0.2, 0) is 16.0 Å². The van der Waals surface area contributed by atoms with Crippen LogP contribution in [-0.4, -0.2) is 18.0 Å². The number of hydrogen-bond donors (Lipinski definition) is 0. The summed E-state index contributed by atoms with van der Waals surface area (Å²) in [4.78, 5) is 21.4. The number of ether oxygens (including phenoxy) is 1. The van der Waals surface area contributed by atoms with Crippen LogP contribution in [0.25, 0.3) is 0 Å². The molecule has 0 fully saturated rings. The molecule has 1 aromatic carbocycles. The van der Waals surface area contributed by atoms with Gasteiger partial charge in [0.05, 0.1) is 18.5 Å². The van der Waals surface area contributed by atoms with Crippen LogP contribution in [0.15, 0.2) is 12.1 Å². The molecule has 0 unspecified atom stereocenters. The zero-order valence-corrected chi connectivity index (χ0v) is 9.58. The number of benzene rings is 1. The number of nitro groups is 1. The maximum atomic E-state index is 11.1. The number of esters is 1. The van der Waals surface area contributed by atoms with Crippen molar-refractivity contribution >= 4 is 23.3 Å². The van der Waals surface area contributed by atoms with Gasteiger partial charge in [-0.2, -0.15) is 0 Å². The molecule has 0 radical (unpaired) electrons. The van der Waals surface area contributed by atoms with Gasteiger partial charge in [0, 0.05) is 5.56 Å². The summed E-state index contributed by atoms with van der Waals surface area (Å²) in [6.45, 7) is 1.68. The van der Waals surface area contributed by atoms with Crippen LogP contribution < -0.4 is 0 Å². The number of nitrogens with zero attached hydrogens (tertiary/aromatic N) is 1. The van der Waals surface area contributed by atoms with E-state index in [0.29, 0.717) is 11.1 Å². The first-order valence-corrected chi connectivity index (χ1v) is 4.84. The largest absolute Gasteiger partial charge is 0.469 e. The van der Waals surface area contributed by atoms with Gasteiger partial charge in [0.1, 0.15) is 5.02 Å². The molecule has 0 saturated carbocycles. The third-order valence-electron chi connectivity index (χ3n) is 2.20. The molecule has 0 amide bonds. The van der Waals surface area contributed by atoms with E-state index in [2.05, 4.69) is 4.74 Å². The Kier molecular flexibility index (Phi) is 3.84. The minimum atomic E-state index is -0.590. The molecule has 16 heavy (non-hydrogen) atoms. The molecule has 0 atom stereocenters. The predicted molar refractivity (Wildman–Crippen MR) is 58.6 cm³/mol. The number of carbonyl (C=O) groups is 1. The van der Waals surface area contributed by atoms with Gasteiger partial charge >= 0.3 is 5.97 Å². The summed E-state index contributed by atoms with van der Waals surface area (Å²) < 4.78 is 4.48. The molecular weight excluding hydrogens is 234 g/mol. The normalized spacial score (nSPS) is 9.94. The first-order valence-electron chi connectivity index (χ1n) is 4.46. The highest BCUT2D eigenvalue weighted by atomic mass is 35.5. The van der Waals surface area contributed by atoms with Crippen LogP contribution >= 0.6 is 11.6 Å². The van der Waals surface area contributed by atoms with Crippen LogP contribution in [0.4, 0.5) is 5.69 Å². The van der Waals surface area contributed by atoms with Crippen LogP contribution in [0, 0.1) is 17.0 Å². The fraction of sp³-hybridized carbons (Fsp3) is 0.300. The van der Waals surface area contributed by atoms with Crippen molar-refractivity contribution in [3.05, 3.63) is 38.4 Å². The standard InChI is InChI=1S/C10H10ClNO4/c1-6-3-4-8(11)10(12(14)15)7(6)5-9(13)16-2/h3-4H,5H2,1-2H3. The van der Waals surface area contributed by atoms with Gasteiger partial charge in [0.15, 0.2) is 0 Å². The van der Waals surface area contributed by atoms with E-state index >= 15 is 0 Å². The number of hydrogen-bond acceptors (Lipinski definition) is 4. The van der Waals surface area contributed by atoms with Crippen molar-refractivity contribution in [2.45, 2.75) is 13.3 Å². The highest BCUT2D eigenvalue weighted by molar-refractivity contribution is 6.32. The highest BCUT2D eigenvalue weighted by Gasteiger charge is 2.22. The van der Waals surface area contributed by atoms with Crippen molar-refractivity contribution in [3.63, 3.8) is 0 Å². The van der Waals surface area contributed by atoms with E-state index in [1.54, 1.807) is 13.0 Å². The molecular formula is C10H10ClNO4. The summed E-state index contributed by atoms with van der Waals surface area (Å²) in [5.41, 5.74) is 0.706. The molecule has 0 aliphatic carbocycles. The maximum absolute atomic E-state index is 11.1. The molecule has 0 bridgehead atoms. The smallest absolute Gasteiger partial charge is 0.310 e. The Bertz CT molecular complexity index is 445. The SMILES string of the molecule is COC(=O)Cc1c(C)ccc(Cl)c1[N+](=O)[O-]. The van der Waals surface area contributed by atoms with Gasteiger partial charge < -0.3 is 4.74 Å². The van der Waals surface area contributed by atoms with E-state index in [1.165, 1.54) is 13.2 Å². The van der Waals surface area contributed by atoms with E-state index in [1.807, 2.05) is 0 Å². The number of nitro benzene ring substituents is 1. The van der Waals surface area contributed by atoms with Crippen LogP contribution in [0.3, 0.4) is 0 Å². The quantitative estimate of drug-likeness (QED) is 0.464. The Balaban J connectivity index is 3.28. The Morgan fingerprint density at radius 1 is 1.56 bits per heavy atom. The Morgan fingerprint density at radius 2 is 2.19 bits per heavy atom. The first-order chi connectivity index (χ1) is 7.47. The van der Waals surface area contributed by atoms with E-state index in [4.69, 9.17) is 11.6 Å². The lowest BCUT2D eigenvalue weighted by molar-refractivity contribution is -0.385.